The first-order valence-corrected chi connectivity index (χ1v) is 9.73. The number of aromatic amines is 1. The lowest BCUT2D eigenvalue weighted by Gasteiger charge is -2.08. The average Bonchev–Trinajstić information content (AvgIpc) is 3.05. The Hall–Kier alpha value is -2.84. The number of rotatable bonds is 8. The highest BCUT2D eigenvalue weighted by Crippen LogP contribution is 2.27. The molecule has 0 atom stereocenters. The Morgan fingerprint density at radius 3 is 2.41 bits per heavy atom. The summed E-state index contributed by atoms with van der Waals surface area (Å²) in [7, 11) is -3.69. The predicted octanol–water partition coefficient (Wildman–Crippen LogP) is 3.35. The maximum absolute atomic E-state index is 12.7. The lowest BCUT2D eigenvalue weighted by molar-refractivity contribution is -0.132. The molecule has 0 amide bonds. The van der Waals surface area contributed by atoms with Crippen molar-refractivity contribution in [3.8, 4) is 17.5 Å². The van der Waals surface area contributed by atoms with Crippen molar-refractivity contribution in [3.05, 3.63) is 59.5 Å². The smallest absolute Gasteiger partial charge is 0.309 e. The number of hydrogen-bond donors (Lipinski definition) is 2. The SMILES string of the molecule is CC/C=C(\C=C/CO)S(=O)(=O)c1ccc(Oc2ccc(OC(C)=O)[nH]2)cc1. The Morgan fingerprint density at radius 2 is 1.81 bits per heavy atom. The third kappa shape index (κ3) is 5.57. The topological polar surface area (TPSA) is 106 Å². The summed E-state index contributed by atoms with van der Waals surface area (Å²) in [4.78, 5) is 13.9. The number of H-pyrrole nitrogens is 1. The Labute approximate surface area is 157 Å². The highest BCUT2D eigenvalue weighted by molar-refractivity contribution is 7.95. The lowest BCUT2D eigenvalue weighted by Crippen LogP contribution is -2.03. The molecule has 1 aromatic heterocycles. The maximum Gasteiger partial charge on any atom is 0.309 e. The molecule has 1 aromatic carbocycles. The Balaban J connectivity index is 2.18. The minimum Gasteiger partial charge on any atom is -0.441 e. The first kappa shape index (κ1) is 20.5. The van der Waals surface area contributed by atoms with Crippen LogP contribution < -0.4 is 9.47 Å². The van der Waals surface area contributed by atoms with E-state index in [1.165, 1.54) is 43.3 Å². The zero-order chi connectivity index (χ0) is 19.9. The number of allylic oxidation sites excluding steroid dienone is 2. The molecule has 0 aliphatic rings. The van der Waals surface area contributed by atoms with E-state index in [1.807, 2.05) is 6.92 Å². The normalized spacial score (nSPS) is 12.3. The van der Waals surface area contributed by atoms with Gasteiger partial charge in [0.25, 0.3) is 0 Å². The Morgan fingerprint density at radius 1 is 1.15 bits per heavy atom. The van der Waals surface area contributed by atoms with Crippen molar-refractivity contribution < 1.29 is 27.8 Å². The van der Waals surface area contributed by atoms with Crippen LogP contribution in [0.25, 0.3) is 0 Å². The molecule has 144 valence electrons. The number of ether oxygens (including phenoxy) is 2. The fraction of sp³-hybridized carbons (Fsp3) is 0.211. The summed E-state index contributed by atoms with van der Waals surface area (Å²) in [6, 6.07) is 9.07. The number of hydrogen-bond acceptors (Lipinski definition) is 6. The van der Waals surface area contributed by atoms with Crippen LogP contribution in [0.2, 0.25) is 0 Å². The number of carbonyl (C=O) groups is 1. The van der Waals surface area contributed by atoms with Gasteiger partial charge in [-0.1, -0.05) is 19.1 Å². The molecular formula is C19H21NO6S. The first-order valence-electron chi connectivity index (χ1n) is 8.24. The fourth-order valence-electron chi connectivity index (χ4n) is 2.22. The van der Waals surface area contributed by atoms with E-state index >= 15 is 0 Å². The van der Waals surface area contributed by atoms with Crippen LogP contribution in [0.15, 0.2) is 64.4 Å². The van der Waals surface area contributed by atoms with Gasteiger partial charge in [-0.05, 0) is 36.8 Å². The zero-order valence-electron chi connectivity index (χ0n) is 15.0. The van der Waals surface area contributed by atoms with E-state index in [9.17, 15) is 13.2 Å². The van der Waals surface area contributed by atoms with E-state index in [0.29, 0.717) is 18.1 Å². The van der Waals surface area contributed by atoms with Crippen molar-refractivity contribution in [2.45, 2.75) is 25.2 Å². The van der Waals surface area contributed by atoms with Gasteiger partial charge in [-0.3, -0.25) is 9.78 Å². The predicted molar refractivity (Wildman–Crippen MR) is 100 cm³/mol. The Kier molecular flexibility index (Phi) is 6.98. The third-order valence-electron chi connectivity index (χ3n) is 3.35. The van der Waals surface area contributed by atoms with E-state index in [2.05, 4.69) is 4.98 Å². The van der Waals surface area contributed by atoms with Gasteiger partial charge in [-0.2, -0.15) is 0 Å². The van der Waals surface area contributed by atoms with Crippen molar-refractivity contribution >= 4 is 15.8 Å². The molecule has 8 heteroatoms. The van der Waals surface area contributed by atoms with Gasteiger partial charge in [-0.15, -0.1) is 0 Å². The van der Waals surface area contributed by atoms with Crippen molar-refractivity contribution in [2.75, 3.05) is 6.61 Å². The maximum atomic E-state index is 12.7. The van der Waals surface area contributed by atoms with Crippen LogP contribution in [0.3, 0.4) is 0 Å². The van der Waals surface area contributed by atoms with Crippen LogP contribution >= 0.6 is 0 Å². The number of aliphatic hydroxyl groups is 1. The van der Waals surface area contributed by atoms with Gasteiger partial charge in [-0.25, -0.2) is 8.42 Å². The van der Waals surface area contributed by atoms with Crippen LogP contribution in [0, 0.1) is 0 Å². The molecule has 0 aliphatic heterocycles. The van der Waals surface area contributed by atoms with Gasteiger partial charge in [0.05, 0.1) is 16.4 Å². The molecule has 2 rings (SSSR count). The van der Waals surface area contributed by atoms with E-state index < -0.39 is 15.8 Å². The molecule has 1 heterocycles. The summed E-state index contributed by atoms with van der Waals surface area (Å²) >= 11 is 0. The summed E-state index contributed by atoms with van der Waals surface area (Å²) in [5.41, 5.74) is 0. The number of nitrogens with one attached hydrogen (secondary N) is 1. The van der Waals surface area contributed by atoms with Crippen LogP contribution in [-0.4, -0.2) is 31.1 Å². The summed E-state index contributed by atoms with van der Waals surface area (Å²) < 4.78 is 35.9. The van der Waals surface area contributed by atoms with Crippen LogP contribution in [0.1, 0.15) is 20.3 Å². The van der Waals surface area contributed by atoms with Crippen LogP contribution in [0.5, 0.6) is 17.5 Å². The molecule has 7 nitrogen and oxygen atoms in total. The molecule has 27 heavy (non-hydrogen) atoms. The molecule has 2 N–H and O–H groups in total. The van der Waals surface area contributed by atoms with Gasteiger partial charge in [0.1, 0.15) is 5.75 Å². The Bertz CT molecular complexity index is 939. The highest BCUT2D eigenvalue weighted by Gasteiger charge is 2.18. The first-order chi connectivity index (χ1) is 12.9. The molecule has 0 saturated heterocycles. The van der Waals surface area contributed by atoms with Gasteiger partial charge in [0, 0.05) is 19.1 Å². The molecule has 2 aromatic rings. The second-order valence-electron chi connectivity index (χ2n) is 5.46. The van der Waals surface area contributed by atoms with Crippen molar-refractivity contribution in [1.82, 2.24) is 4.98 Å². The average molecular weight is 391 g/mol. The van der Waals surface area contributed by atoms with Gasteiger partial charge < -0.3 is 14.6 Å². The third-order valence-corrected chi connectivity index (χ3v) is 5.17. The van der Waals surface area contributed by atoms with Gasteiger partial charge in [0.15, 0.2) is 5.88 Å². The van der Waals surface area contributed by atoms with Crippen molar-refractivity contribution in [1.29, 1.82) is 0 Å². The van der Waals surface area contributed by atoms with Gasteiger partial charge >= 0.3 is 5.97 Å². The number of aliphatic hydroxyl groups excluding tert-OH is 1. The number of sulfone groups is 1. The quantitative estimate of drug-likeness (QED) is 0.528. The summed E-state index contributed by atoms with van der Waals surface area (Å²) in [5.74, 6) is 0.558. The molecule has 0 fully saturated rings. The monoisotopic (exact) mass is 391 g/mol. The van der Waals surface area contributed by atoms with Gasteiger partial charge in [0.2, 0.25) is 15.7 Å². The molecule has 0 bridgehead atoms. The fourth-order valence-corrected chi connectivity index (χ4v) is 3.65. The van der Waals surface area contributed by atoms with E-state index in [0.717, 1.165) is 0 Å². The van der Waals surface area contributed by atoms with Crippen LogP contribution in [-0.2, 0) is 14.6 Å². The number of benzene rings is 1. The summed E-state index contributed by atoms with van der Waals surface area (Å²) in [5, 5.41) is 8.89. The summed E-state index contributed by atoms with van der Waals surface area (Å²) in [6.45, 7) is 2.88. The molecular weight excluding hydrogens is 370 g/mol. The second-order valence-corrected chi connectivity index (χ2v) is 7.41. The minimum atomic E-state index is -3.69. The van der Waals surface area contributed by atoms with E-state index in [1.54, 1.807) is 18.2 Å². The van der Waals surface area contributed by atoms with Crippen molar-refractivity contribution in [3.63, 3.8) is 0 Å². The molecule has 0 spiro atoms. The molecule has 0 saturated carbocycles. The van der Waals surface area contributed by atoms with E-state index in [4.69, 9.17) is 14.6 Å². The van der Waals surface area contributed by atoms with Crippen molar-refractivity contribution in [2.24, 2.45) is 0 Å². The number of esters is 1. The standard InChI is InChI=1S/C19H21NO6S/c1-3-5-16(6-4-13-21)27(23,24)17-9-7-15(8-10-17)26-19-12-11-18(20-19)25-14(2)22/h4-12,20-21H,3,13H2,1-2H3/b6-4-,16-5+. The minimum absolute atomic E-state index is 0.115. The lowest BCUT2D eigenvalue weighted by atomic mass is 10.3. The molecule has 0 unspecified atom stereocenters. The van der Waals surface area contributed by atoms with Crippen LogP contribution in [0.4, 0.5) is 0 Å². The van der Waals surface area contributed by atoms with E-state index in [-0.39, 0.29) is 22.3 Å². The number of carbonyl (C=O) groups excluding carboxylic acids is 1. The molecule has 0 radical (unpaired) electrons. The highest BCUT2D eigenvalue weighted by atomic mass is 32.2. The summed E-state index contributed by atoms with van der Waals surface area (Å²) in [6.07, 6.45) is 4.89. The number of aromatic nitrogens is 1. The largest absolute Gasteiger partial charge is 0.441 e. The molecule has 0 aliphatic carbocycles. The zero-order valence-corrected chi connectivity index (χ0v) is 15.8. The second kappa shape index (κ2) is 9.20.